The first kappa shape index (κ1) is 21.7. The minimum atomic E-state index is -3.33. The Bertz CT molecular complexity index is 847. The average Bonchev–Trinajstić information content (AvgIpc) is 2.62. The van der Waals surface area contributed by atoms with E-state index in [2.05, 4.69) is 5.32 Å². The number of carbonyl (C=O) groups excluding carboxylic acids is 1. The first-order chi connectivity index (χ1) is 12.7. The molecule has 2 rings (SSSR count). The van der Waals surface area contributed by atoms with E-state index in [1.807, 2.05) is 0 Å². The molecule has 0 saturated carbocycles. The molecule has 1 amide bonds. The highest BCUT2D eigenvalue weighted by molar-refractivity contribution is 7.89. The number of nitrogens with zero attached hydrogens (tertiary/aromatic N) is 2. The SMILES string of the molecule is CC(C)S(=O)(=O)N1CCN(/C(C=N)=C(\Cl)C(=O)Nc2cccc(Cl)c2)CC1. The molecular formula is C17H22Cl2N4O3S. The van der Waals surface area contributed by atoms with Crippen molar-refractivity contribution in [3.8, 4) is 0 Å². The third-order valence-corrected chi connectivity index (χ3v) is 7.06. The molecule has 0 unspecified atom stereocenters. The highest BCUT2D eigenvalue weighted by Crippen LogP contribution is 2.21. The Morgan fingerprint density at radius 3 is 2.41 bits per heavy atom. The summed E-state index contributed by atoms with van der Waals surface area (Å²) >= 11 is 12.1. The predicted molar refractivity (Wildman–Crippen MR) is 109 cm³/mol. The third-order valence-electron chi connectivity index (χ3n) is 4.18. The Balaban J connectivity index is 2.11. The van der Waals surface area contributed by atoms with Crippen molar-refractivity contribution < 1.29 is 13.2 Å². The second kappa shape index (κ2) is 9.05. The van der Waals surface area contributed by atoms with Crippen LogP contribution in [0.4, 0.5) is 5.69 Å². The zero-order chi connectivity index (χ0) is 20.2. The molecule has 0 aromatic heterocycles. The van der Waals surface area contributed by atoms with Crippen molar-refractivity contribution in [3.05, 3.63) is 40.0 Å². The Morgan fingerprint density at radius 1 is 1.26 bits per heavy atom. The first-order valence-electron chi connectivity index (χ1n) is 8.38. The molecule has 1 heterocycles. The summed E-state index contributed by atoms with van der Waals surface area (Å²) in [6.45, 7) is 4.52. The van der Waals surface area contributed by atoms with Gasteiger partial charge in [0, 0.05) is 43.1 Å². The second-order valence-corrected chi connectivity index (χ2v) is 9.59. The summed E-state index contributed by atoms with van der Waals surface area (Å²) in [6, 6.07) is 6.64. The Labute approximate surface area is 169 Å². The van der Waals surface area contributed by atoms with E-state index in [0.29, 0.717) is 23.8 Å². The second-order valence-electron chi connectivity index (χ2n) is 6.29. The van der Waals surface area contributed by atoms with Crippen LogP contribution in [0.1, 0.15) is 13.8 Å². The largest absolute Gasteiger partial charge is 0.366 e. The van der Waals surface area contributed by atoms with Crippen LogP contribution in [0.5, 0.6) is 0 Å². The molecule has 1 aromatic carbocycles. The number of hydrogen-bond acceptors (Lipinski definition) is 5. The van der Waals surface area contributed by atoms with E-state index >= 15 is 0 Å². The number of piperazine rings is 1. The highest BCUT2D eigenvalue weighted by atomic mass is 35.5. The monoisotopic (exact) mass is 432 g/mol. The quantitative estimate of drug-likeness (QED) is 0.533. The van der Waals surface area contributed by atoms with E-state index in [1.165, 1.54) is 4.31 Å². The number of rotatable bonds is 6. The zero-order valence-electron chi connectivity index (χ0n) is 15.1. The van der Waals surface area contributed by atoms with Crippen molar-refractivity contribution in [1.29, 1.82) is 5.41 Å². The van der Waals surface area contributed by atoms with Gasteiger partial charge in [-0.25, -0.2) is 8.42 Å². The van der Waals surface area contributed by atoms with Gasteiger partial charge in [-0.1, -0.05) is 29.3 Å². The van der Waals surface area contributed by atoms with Gasteiger partial charge in [0.2, 0.25) is 10.0 Å². The van der Waals surface area contributed by atoms with Gasteiger partial charge in [-0.15, -0.1) is 0 Å². The molecule has 10 heteroatoms. The molecule has 148 valence electrons. The Morgan fingerprint density at radius 2 is 1.89 bits per heavy atom. The predicted octanol–water partition coefficient (Wildman–Crippen LogP) is 2.73. The molecule has 1 fully saturated rings. The number of amides is 1. The average molecular weight is 433 g/mol. The van der Waals surface area contributed by atoms with Crippen LogP contribution in [-0.4, -0.2) is 61.2 Å². The highest BCUT2D eigenvalue weighted by Gasteiger charge is 2.30. The van der Waals surface area contributed by atoms with Crippen LogP contribution in [0.15, 0.2) is 35.0 Å². The molecule has 2 N–H and O–H groups in total. The lowest BCUT2D eigenvalue weighted by Crippen LogP contribution is -2.50. The van der Waals surface area contributed by atoms with Gasteiger partial charge < -0.3 is 15.6 Å². The fourth-order valence-electron chi connectivity index (χ4n) is 2.64. The lowest BCUT2D eigenvalue weighted by Gasteiger charge is -2.36. The van der Waals surface area contributed by atoms with Crippen LogP contribution in [0.2, 0.25) is 5.02 Å². The minimum absolute atomic E-state index is 0.134. The van der Waals surface area contributed by atoms with Gasteiger partial charge in [0.15, 0.2) is 0 Å². The lowest BCUT2D eigenvalue weighted by molar-refractivity contribution is -0.112. The summed E-state index contributed by atoms with van der Waals surface area (Å²) in [6.07, 6.45) is 1.01. The van der Waals surface area contributed by atoms with Crippen molar-refractivity contribution in [3.63, 3.8) is 0 Å². The molecule has 1 aromatic rings. The van der Waals surface area contributed by atoms with Gasteiger partial charge in [-0.3, -0.25) is 4.79 Å². The van der Waals surface area contributed by atoms with Gasteiger partial charge >= 0.3 is 0 Å². The van der Waals surface area contributed by atoms with E-state index in [1.54, 1.807) is 43.0 Å². The smallest absolute Gasteiger partial charge is 0.269 e. The van der Waals surface area contributed by atoms with E-state index in [0.717, 1.165) is 6.21 Å². The van der Waals surface area contributed by atoms with Gasteiger partial charge in [0.1, 0.15) is 5.03 Å². The number of nitrogens with one attached hydrogen (secondary N) is 2. The summed E-state index contributed by atoms with van der Waals surface area (Å²) in [5, 5.41) is 10.1. The molecular weight excluding hydrogens is 411 g/mol. The van der Waals surface area contributed by atoms with Crippen molar-refractivity contribution >= 4 is 51.0 Å². The van der Waals surface area contributed by atoms with E-state index in [-0.39, 0.29) is 23.8 Å². The van der Waals surface area contributed by atoms with Crippen LogP contribution in [0.25, 0.3) is 0 Å². The van der Waals surface area contributed by atoms with Crippen molar-refractivity contribution in [2.75, 3.05) is 31.5 Å². The zero-order valence-corrected chi connectivity index (χ0v) is 17.4. The van der Waals surface area contributed by atoms with E-state index < -0.39 is 21.2 Å². The van der Waals surface area contributed by atoms with Crippen LogP contribution >= 0.6 is 23.2 Å². The van der Waals surface area contributed by atoms with Crippen molar-refractivity contribution in [2.45, 2.75) is 19.1 Å². The maximum Gasteiger partial charge on any atom is 0.269 e. The fourth-order valence-corrected chi connectivity index (χ4v) is 4.32. The molecule has 1 saturated heterocycles. The maximum atomic E-state index is 12.4. The number of allylic oxidation sites excluding steroid dienone is 1. The summed E-state index contributed by atoms with van der Waals surface area (Å²) in [5.41, 5.74) is 0.737. The molecule has 1 aliphatic heterocycles. The maximum absolute atomic E-state index is 12.4. The number of halogens is 2. The lowest BCUT2D eigenvalue weighted by atomic mass is 10.2. The minimum Gasteiger partial charge on any atom is -0.366 e. The molecule has 0 atom stereocenters. The topological polar surface area (TPSA) is 93.6 Å². The number of benzene rings is 1. The number of hydrogen-bond donors (Lipinski definition) is 2. The van der Waals surface area contributed by atoms with E-state index in [4.69, 9.17) is 28.6 Å². The standard InChI is InChI=1S/C17H22Cl2N4O3S/c1-12(2)27(25,26)23-8-6-22(7-9-23)15(11-20)16(19)17(24)21-14-5-3-4-13(18)10-14/h3-5,10-12,20H,6-9H2,1-2H3,(H,21,24)/b16-15-,20-11?. The van der Waals surface area contributed by atoms with Gasteiger partial charge in [0.05, 0.1) is 10.9 Å². The van der Waals surface area contributed by atoms with Gasteiger partial charge in [-0.05, 0) is 32.0 Å². The van der Waals surface area contributed by atoms with Crippen molar-refractivity contribution in [2.24, 2.45) is 0 Å². The summed E-state index contributed by atoms with van der Waals surface area (Å²) < 4.78 is 25.9. The number of sulfonamides is 1. The van der Waals surface area contributed by atoms with Crippen molar-refractivity contribution in [1.82, 2.24) is 9.21 Å². The van der Waals surface area contributed by atoms with Crippen LogP contribution < -0.4 is 5.32 Å². The van der Waals surface area contributed by atoms with Crippen LogP contribution in [-0.2, 0) is 14.8 Å². The Kier molecular flexibility index (Phi) is 7.27. The third kappa shape index (κ3) is 5.22. The molecule has 27 heavy (non-hydrogen) atoms. The van der Waals surface area contributed by atoms with Crippen LogP contribution in [0.3, 0.4) is 0 Å². The number of carbonyl (C=O) groups is 1. The van der Waals surface area contributed by atoms with Gasteiger partial charge in [-0.2, -0.15) is 4.31 Å². The van der Waals surface area contributed by atoms with E-state index in [9.17, 15) is 13.2 Å². The summed E-state index contributed by atoms with van der Waals surface area (Å²) in [7, 11) is -3.33. The fraction of sp³-hybridized carbons (Fsp3) is 0.412. The molecule has 7 nitrogen and oxygen atoms in total. The van der Waals surface area contributed by atoms with Crippen LogP contribution in [0, 0.1) is 5.41 Å². The first-order valence-corrected chi connectivity index (χ1v) is 10.6. The summed E-state index contributed by atoms with van der Waals surface area (Å²) in [5.74, 6) is -0.560. The normalized spacial score (nSPS) is 16.9. The molecule has 0 bridgehead atoms. The van der Waals surface area contributed by atoms with Gasteiger partial charge in [0.25, 0.3) is 5.91 Å². The summed E-state index contributed by atoms with van der Waals surface area (Å²) in [4.78, 5) is 14.1. The Hall–Kier alpha value is -1.61. The molecule has 0 spiro atoms. The molecule has 0 radical (unpaired) electrons. The number of anilines is 1. The molecule has 1 aliphatic rings. The molecule has 0 aliphatic carbocycles.